The maximum absolute atomic E-state index is 6.11. The van der Waals surface area contributed by atoms with E-state index in [2.05, 4.69) is 23.3 Å². The number of nitrogens with two attached hydrogens (primary N) is 1. The zero-order valence-electron chi connectivity index (χ0n) is 13.3. The summed E-state index contributed by atoms with van der Waals surface area (Å²) < 4.78 is 11.4. The topological polar surface area (TPSA) is 74.2 Å². The van der Waals surface area contributed by atoms with Gasteiger partial charge in [-0.15, -0.1) is 0 Å². The predicted molar refractivity (Wildman–Crippen MR) is 85.2 cm³/mol. The van der Waals surface area contributed by atoms with Gasteiger partial charge in [-0.1, -0.05) is 12.1 Å². The van der Waals surface area contributed by atoms with E-state index in [1.165, 1.54) is 0 Å². The highest BCUT2D eigenvalue weighted by Gasteiger charge is 2.41. The number of ether oxygens (including phenoxy) is 1. The molecule has 1 aliphatic rings. The summed E-state index contributed by atoms with van der Waals surface area (Å²) in [5.41, 5.74) is 5.74. The second-order valence-electron chi connectivity index (χ2n) is 5.95. The Morgan fingerprint density at radius 2 is 2.19 bits per heavy atom. The summed E-state index contributed by atoms with van der Waals surface area (Å²) in [6.45, 7) is 4.97. The van der Waals surface area contributed by atoms with Crippen molar-refractivity contribution >= 4 is 11.8 Å². The Morgan fingerprint density at radius 1 is 1.48 bits per heavy atom. The largest absolute Gasteiger partial charge is 0.367 e. The van der Waals surface area contributed by atoms with Gasteiger partial charge in [-0.25, -0.2) is 0 Å². The Kier molecular flexibility index (Phi) is 6.08. The minimum absolute atomic E-state index is 0.181. The molecule has 120 valence electrons. The van der Waals surface area contributed by atoms with E-state index < -0.39 is 0 Å². The molecule has 0 saturated heterocycles. The van der Waals surface area contributed by atoms with Gasteiger partial charge in [0.1, 0.15) is 5.60 Å². The van der Waals surface area contributed by atoms with Gasteiger partial charge in [0, 0.05) is 6.61 Å². The van der Waals surface area contributed by atoms with E-state index >= 15 is 0 Å². The van der Waals surface area contributed by atoms with E-state index in [4.69, 9.17) is 15.0 Å². The fraction of sp³-hybridized carbons (Fsp3) is 0.867. The lowest BCUT2D eigenvalue weighted by molar-refractivity contribution is -0.0847. The number of thioether (sulfide) groups is 1. The van der Waals surface area contributed by atoms with Gasteiger partial charge >= 0.3 is 0 Å². The van der Waals surface area contributed by atoms with Gasteiger partial charge in [-0.05, 0) is 57.0 Å². The molecule has 0 unspecified atom stereocenters. The third-order valence-electron chi connectivity index (χ3n) is 4.30. The van der Waals surface area contributed by atoms with Crippen LogP contribution in [-0.4, -0.2) is 28.8 Å². The Hall–Kier alpha value is -0.590. The van der Waals surface area contributed by atoms with Crippen LogP contribution in [0.25, 0.3) is 0 Å². The molecule has 1 atom stereocenters. The molecule has 0 bridgehead atoms. The van der Waals surface area contributed by atoms with Crippen LogP contribution in [0.1, 0.15) is 63.7 Å². The van der Waals surface area contributed by atoms with E-state index in [-0.39, 0.29) is 11.6 Å². The molecule has 0 amide bonds. The third-order valence-corrected chi connectivity index (χ3v) is 4.95. The summed E-state index contributed by atoms with van der Waals surface area (Å²) in [5, 5.41) is 4.19. The molecule has 0 aromatic carbocycles. The summed E-state index contributed by atoms with van der Waals surface area (Å²) in [7, 11) is 0. The molecular formula is C15H27N3O2S. The first kappa shape index (κ1) is 16.8. The Labute approximate surface area is 131 Å². The van der Waals surface area contributed by atoms with E-state index in [9.17, 15) is 0 Å². The number of rotatable bonds is 7. The van der Waals surface area contributed by atoms with Gasteiger partial charge in [0.05, 0.1) is 6.04 Å². The van der Waals surface area contributed by atoms with Crippen molar-refractivity contribution in [3.63, 3.8) is 0 Å². The lowest BCUT2D eigenvalue weighted by Crippen LogP contribution is -2.35. The number of nitrogens with zero attached hydrogens (tertiary/aromatic N) is 2. The van der Waals surface area contributed by atoms with Crippen molar-refractivity contribution in [1.82, 2.24) is 10.1 Å². The van der Waals surface area contributed by atoms with Crippen LogP contribution in [0.5, 0.6) is 0 Å². The fourth-order valence-electron chi connectivity index (χ4n) is 2.88. The molecule has 1 heterocycles. The van der Waals surface area contributed by atoms with Crippen molar-refractivity contribution in [1.29, 1.82) is 0 Å². The van der Waals surface area contributed by atoms with Gasteiger partial charge in [-0.3, -0.25) is 0 Å². The van der Waals surface area contributed by atoms with Crippen LogP contribution in [0.15, 0.2) is 4.52 Å². The molecular weight excluding hydrogens is 286 g/mol. The molecule has 2 rings (SSSR count). The molecule has 5 nitrogen and oxygen atoms in total. The van der Waals surface area contributed by atoms with E-state index in [0.717, 1.165) is 43.8 Å². The van der Waals surface area contributed by atoms with Gasteiger partial charge in [-0.2, -0.15) is 16.7 Å². The number of hydrogen-bond donors (Lipinski definition) is 1. The fourth-order valence-corrected chi connectivity index (χ4v) is 3.37. The van der Waals surface area contributed by atoms with E-state index in [1.807, 2.05) is 6.92 Å². The number of hydrogen-bond acceptors (Lipinski definition) is 6. The van der Waals surface area contributed by atoms with Gasteiger partial charge in [0.2, 0.25) is 11.7 Å². The summed E-state index contributed by atoms with van der Waals surface area (Å²) in [5.74, 6) is 2.96. The minimum Gasteiger partial charge on any atom is -0.367 e. The highest BCUT2D eigenvalue weighted by atomic mass is 32.2. The average molecular weight is 313 g/mol. The van der Waals surface area contributed by atoms with Crippen LogP contribution in [0.2, 0.25) is 0 Å². The maximum Gasteiger partial charge on any atom is 0.243 e. The molecule has 21 heavy (non-hydrogen) atoms. The summed E-state index contributed by atoms with van der Waals surface area (Å²) in [6, 6.07) is -0.181. The van der Waals surface area contributed by atoms with Crippen LogP contribution in [-0.2, 0) is 10.3 Å². The summed E-state index contributed by atoms with van der Waals surface area (Å²) in [6.07, 6.45) is 7.12. The van der Waals surface area contributed by atoms with Crippen LogP contribution in [0.4, 0.5) is 0 Å². The van der Waals surface area contributed by atoms with Crippen molar-refractivity contribution in [3.8, 4) is 0 Å². The van der Waals surface area contributed by atoms with Crippen LogP contribution in [0.3, 0.4) is 0 Å². The lowest BCUT2D eigenvalue weighted by Gasteiger charge is -2.36. The monoisotopic (exact) mass is 313 g/mol. The SMILES string of the molecule is CCOC1(c2noc([C@@H](N)CCSC)n2)CCC(C)CC1. The normalized spacial score (nSPS) is 27.7. The first-order chi connectivity index (χ1) is 10.1. The first-order valence-electron chi connectivity index (χ1n) is 7.84. The van der Waals surface area contributed by atoms with Crippen molar-refractivity contribution in [2.24, 2.45) is 11.7 Å². The van der Waals surface area contributed by atoms with Gasteiger partial charge in [0.15, 0.2) is 0 Å². The predicted octanol–water partition coefficient (Wildman–Crippen LogP) is 3.26. The molecule has 2 N–H and O–H groups in total. The smallest absolute Gasteiger partial charge is 0.243 e. The van der Waals surface area contributed by atoms with Gasteiger partial charge < -0.3 is 15.0 Å². The molecule has 1 aromatic rings. The molecule has 1 aliphatic carbocycles. The van der Waals surface area contributed by atoms with Crippen LogP contribution >= 0.6 is 11.8 Å². The van der Waals surface area contributed by atoms with Crippen molar-refractivity contribution in [3.05, 3.63) is 11.7 Å². The van der Waals surface area contributed by atoms with Crippen molar-refractivity contribution in [2.45, 2.75) is 57.6 Å². The standard InChI is InChI=1S/C15H27N3O2S/c1-4-19-15(8-5-11(2)6-9-15)14-17-13(20-18-14)12(16)7-10-21-3/h11-12H,4-10,16H2,1-3H3/t11?,12-,15?/m0/s1. The Balaban J connectivity index is 2.12. The number of aromatic nitrogens is 2. The molecule has 6 heteroatoms. The zero-order chi connectivity index (χ0) is 15.3. The molecule has 0 spiro atoms. The maximum atomic E-state index is 6.11. The summed E-state index contributed by atoms with van der Waals surface area (Å²) in [4.78, 5) is 4.57. The second kappa shape index (κ2) is 7.61. The quantitative estimate of drug-likeness (QED) is 0.833. The van der Waals surface area contributed by atoms with Crippen molar-refractivity contribution in [2.75, 3.05) is 18.6 Å². The minimum atomic E-state index is -0.373. The Bertz CT molecular complexity index is 430. The zero-order valence-corrected chi connectivity index (χ0v) is 14.1. The van der Waals surface area contributed by atoms with E-state index in [0.29, 0.717) is 18.3 Å². The highest BCUT2D eigenvalue weighted by Crippen LogP contribution is 2.41. The van der Waals surface area contributed by atoms with Crippen LogP contribution in [0, 0.1) is 5.92 Å². The van der Waals surface area contributed by atoms with Crippen molar-refractivity contribution < 1.29 is 9.26 Å². The Morgan fingerprint density at radius 3 is 2.81 bits per heavy atom. The third kappa shape index (κ3) is 3.99. The molecule has 0 aliphatic heterocycles. The first-order valence-corrected chi connectivity index (χ1v) is 9.23. The van der Waals surface area contributed by atoms with E-state index in [1.54, 1.807) is 11.8 Å². The molecule has 1 aromatic heterocycles. The average Bonchev–Trinajstić information content (AvgIpc) is 2.98. The highest BCUT2D eigenvalue weighted by molar-refractivity contribution is 7.98. The summed E-state index contributed by atoms with van der Waals surface area (Å²) >= 11 is 1.77. The lowest BCUT2D eigenvalue weighted by atomic mass is 9.79. The van der Waals surface area contributed by atoms with Gasteiger partial charge in [0.25, 0.3) is 0 Å². The molecule has 1 fully saturated rings. The molecule has 1 saturated carbocycles. The molecule has 0 radical (unpaired) electrons. The second-order valence-corrected chi connectivity index (χ2v) is 6.94. The van der Waals surface area contributed by atoms with Crippen LogP contribution < -0.4 is 5.73 Å².